The molecule has 0 saturated heterocycles. The molecule has 0 bridgehead atoms. The topological polar surface area (TPSA) is 70.1 Å². The Hall–Kier alpha value is -1.08. The predicted molar refractivity (Wildman–Crippen MR) is 41.5 cm³/mol. The van der Waals surface area contributed by atoms with Gasteiger partial charge in [0.25, 0.3) is 0 Å². The predicted octanol–water partition coefficient (Wildman–Crippen LogP) is -0.294. The zero-order valence-corrected chi connectivity index (χ0v) is 6.87. The Morgan fingerprint density at radius 2 is 2.27 bits per heavy atom. The van der Waals surface area contributed by atoms with Gasteiger partial charge in [-0.3, -0.25) is 9.69 Å². The van der Waals surface area contributed by atoms with Crippen LogP contribution >= 0.6 is 0 Å². The van der Waals surface area contributed by atoms with E-state index >= 15 is 0 Å². The van der Waals surface area contributed by atoms with E-state index in [-0.39, 0.29) is 19.1 Å². The maximum atomic E-state index is 10.5. The molecule has 0 aromatic rings. The van der Waals surface area contributed by atoms with Gasteiger partial charge >= 0.3 is 0 Å². The lowest BCUT2D eigenvalue weighted by Gasteiger charge is -2.20. The van der Waals surface area contributed by atoms with Gasteiger partial charge in [0.2, 0.25) is 5.91 Å². The highest BCUT2D eigenvalue weighted by molar-refractivity contribution is 5.75. The summed E-state index contributed by atoms with van der Waals surface area (Å²) in [6.45, 7) is 4.24. The smallest absolute Gasteiger partial charge is 0.231 e. The van der Waals surface area contributed by atoms with Gasteiger partial charge in [-0.1, -0.05) is 0 Å². The molecule has 0 aliphatic rings. The number of primary amides is 1. The van der Waals surface area contributed by atoms with Crippen LogP contribution in [-0.2, 0) is 4.79 Å². The standard InChI is InChI=1S/C7H13N3O/c1-6(2)10(4-3-8)5-7(9)11/h6H,4-5H2,1-2H3,(H2,9,11). The molecule has 0 aromatic heterocycles. The molecule has 4 heteroatoms. The summed E-state index contributed by atoms with van der Waals surface area (Å²) in [5, 5.41) is 8.35. The van der Waals surface area contributed by atoms with Gasteiger partial charge in [-0.2, -0.15) is 5.26 Å². The van der Waals surface area contributed by atoms with E-state index in [0.29, 0.717) is 0 Å². The van der Waals surface area contributed by atoms with Crippen LogP contribution in [0.25, 0.3) is 0 Å². The Morgan fingerprint density at radius 3 is 2.55 bits per heavy atom. The maximum Gasteiger partial charge on any atom is 0.231 e. The fourth-order valence-corrected chi connectivity index (χ4v) is 0.712. The molecule has 0 radical (unpaired) electrons. The Labute approximate surface area is 66.6 Å². The molecule has 0 aromatic carbocycles. The lowest BCUT2D eigenvalue weighted by atomic mass is 10.3. The summed E-state index contributed by atoms with van der Waals surface area (Å²) in [6.07, 6.45) is 0. The minimum Gasteiger partial charge on any atom is -0.369 e. The van der Waals surface area contributed by atoms with E-state index in [0.717, 1.165) is 0 Å². The lowest BCUT2D eigenvalue weighted by Crippen LogP contribution is -2.38. The number of nitrogens with two attached hydrogens (primary N) is 1. The monoisotopic (exact) mass is 155 g/mol. The minimum absolute atomic E-state index is 0.158. The molecule has 0 heterocycles. The zero-order valence-electron chi connectivity index (χ0n) is 6.87. The van der Waals surface area contributed by atoms with Crippen molar-refractivity contribution in [2.24, 2.45) is 5.73 Å². The third-order valence-electron chi connectivity index (χ3n) is 1.36. The number of amides is 1. The average Bonchev–Trinajstić information content (AvgIpc) is 1.86. The molecule has 62 valence electrons. The van der Waals surface area contributed by atoms with E-state index in [1.54, 1.807) is 4.90 Å². The molecule has 0 saturated carbocycles. The molecule has 0 rings (SSSR count). The summed E-state index contributed by atoms with van der Waals surface area (Å²) in [5.41, 5.74) is 4.97. The highest BCUT2D eigenvalue weighted by atomic mass is 16.1. The Balaban J connectivity index is 3.91. The van der Waals surface area contributed by atoms with E-state index in [1.165, 1.54) is 0 Å². The lowest BCUT2D eigenvalue weighted by molar-refractivity contribution is -0.119. The van der Waals surface area contributed by atoms with Crippen molar-refractivity contribution in [2.45, 2.75) is 19.9 Å². The van der Waals surface area contributed by atoms with Crippen LogP contribution in [0.2, 0.25) is 0 Å². The van der Waals surface area contributed by atoms with E-state index in [4.69, 9.17) is 11.0 Å². The Bertz CT molecular complexity index is 171. The van der Waals surface area contributed by atoms with Crippen LogP contribution in [0.1, 0.15) is 13.8 Å². The molecule has 4 nitrogen and oxygen atoms in total. The largest absolute Gasteiger partial charge is 0.369 e. The number of carbonyl (C=O) groups is 1. The number of hydrogen-bond donors (Lipinski definition) is 1. The number of hydrogen-bond acceptors (Lipinski definition) is 3. The van der Waals surface area contributed by atoms with Crippen LogP contribution in [-0.4, -0.2) is 29.9 Å². The fourth-order valence-electron chi connectivity index (χ4n) is 0.712. The summed E-state index contributed by atoms with van der Waals surface area (Å²) in [6, 6.07) is 2.16. The highest BCUT2D eigenvalue weighted by Gasteiger charge is 2.10. The van der Waals surface area contributed by atoms with Crippen LogP contribution in [0.3, 0.4) is 0 Å². The number of rotatable bonds is 4. The van der Waals surface area contributed by atoms with E-state index < -0.39 is 5.91 Å². The summed E-state index contributed by atoms with van der Waals surface area (Å²) in [4.78, 5) is 12.2. The van der Waals surface area contributed by atoms with Gasteiger partial charge < -0.3 is 5.73 Å². The number of carbonyl (C=O) groups excluding carboxylic acids is 1. The van der Waals surface area contributed by atoms with Gasteiger partial charge in [-0.15, -0.1) is 0 Å². The van der Waals surface area contributed by atoms with E-state index in [9.17, 15) is 4.79 Å². The third-order valence-corrected chi connectivity index (χ3v) is 1.36. The van der Waals surface area contributed by atoms with E-state index in [1.807, 2.05) is 19.9 Å². The minimum atomic E-state index is -0.394. The van der Waals surface area contributed by atoms with Crippen molar-refractivity contribution in [2.75, 3.05) is 13.1 Å². The highest BCUT2D eigenvalue weighted by Crippen LogP contribution is 1.94. The van der Waals surface area contributed by atoms with Crippen LogP contribution in [0, 0.1) is 11.3 Å². The average molecular weight is 155 g/mol. The van der Waals surface area contributed by atoms with Gasteiger partial charge in [0.15, 0.2) is 0 Å². The van der Waals surface area contributed by atoms with Crippen molar-refractivity contribution >= 4 is 5.91 Å². The van der Waals surface area contributed by atoms with Crippen molar-refractivity contribution < 1.29 is 4.79 Å². The zero-order chi connectivity index (χ0) is 8.85. The third kappa shape index (κ3) is 4.34. The van der Waals surface area contributed by atoms with Crippen molar-refractivity contribution in [1.82, 2.24) is 4.90 Å². The molecule has 0 fully saturated rings. The second kappa shape index (κ2) is 4.69. The van der Waals surface area contributed by atoms with E-state index in [2.05, 4.69) is 0 Å². The van der Waals surface area contributed by atoms with Crippen molar-refractivity contribution in [3.05, 3.63) is 0 Å². The van der Waals surface area contributed by atoms with Gasteiger partial charge in [0, 0.05) is 6.04 Å². The molecule has 1 amide bonds. The van der Waals surface area contributed by atoms with Gasteiger partial charge in [-0.05, 0) is 13.8 Å². The summed E-state index contributed by atoms with van der Waals surface area (Å²) >= 11 is 0. The van der Waals surface area contributed by atoms with Crippen LogP contribution < -0.4 is 5.73 Å². The first-order chi connectivity index (χ1) is 5.07. The van der Waals surface area contributed by atoms with Gasteiger partial charge in [-0.25, -0.2) is 0 Å². The molecule has 0 spiro atoms. The molecule has 0 aliphatic heterocycles. The molecule has 0 unspecified atom stereocenters. The molecular weight excluding hydrogens is 142 g/mol. The number of nitriles is 1. The first-order valence-corrected chi connectivity index (χ1v) is 3.47. The molecular formula is C7H13N3O. The first-order valence-electron chi connectivity index (χ1n) is 3.47. The molecule has 0 atom stereocenters. The van der Waals surface area contributed by atoms with Gasteiger partial charge in [0.1, 0.15) is 0 Å². The van der Waals surface area contributed by atoms with Crippen molar-refractivity contribution in [3.8, 4) is 6.07 Å². The summed E-state index contributed by atoms with van der Waals surface area (Å²) < 4.78 is 0. The van der Waals surface area contributed by atoms with Crippen LogP contribution in [0.4, 0.5) is 0 Å². The Morgan fingerprint density at radius 1 is 1.73 bits per heavy atom. The second-order valence-electron chi connectivity index (χ2n) is 2.62. The molecule has 2 N–H and O–H groups in total. The molecule has 11 heavy (non-hydrogen) atoms. The normalized spacial score (nSPS) is 10.1. The van der Waals surface area contributed by atoms with Gasteiger partial charge in [0.05, 0.1) is 19.2 Å². The maximum absolute atomic E-state index is 10.5. The quantitative estimate of drug-likeness (QED) is 0.567. The SMILES string of the molecule is CC(C)N(CC#N)CC(N)=O. The first kappa shape index (κ1) is 9.92. The van der Waals surface area contributed by atoms with Crippen LogP contribution in [0.5, 0.6) is 0 Å². The van der Waals surface area contributed by atoms with Crippen molar-refractivity contribution in [1.29, 1.82) is 5.26 Å². The molecule has 0 aliphatic carbocycles. The second-order valence-corrected chi connectivity index (χ2v) is 2.62. The summed E-state index contributed by atoms with van der Waals surface area (Å²) in [5.74, 6) is -0.394. The number of nitrogens with zero attached hydrogens (tertiary/aromatic N) is 2. The Kier molecular flexibility index (Phi) is 4.23. The fraction of sp³-hybridized carbons (Fsp3) is 0.714. The van der Waals surface area contributed by atoms with Crippen LogP contribution in [0.15, 0.2) is 0 Å². The van der Waals surface area contributed by atoms with Crippen molar-refractivity contribution in [3.63, 3.8) is 0 Å². The summed E-state index contributed by atoms with van der Waals surface area (Å²) in [7, 11) is 0.